The third kappa shape index (κ3) is 2.07. The van der Waals surface area contributed by atoms with Crippen molar-refractivity contribution in [2.75, 3.05) is 6.61 Å². The molecule has 0 fully saturated rings. The number of hydrogen-bond acceptors (Lipinski definition) is 4. The molecule has 0 saturated heterocycles. The number of carboxylic acid groups (broad SMARTS) is 1. The molecule has 1 heterocycles. The summed E-state index contributed by atoms with van der Waals surface area (Å²) in [5, 5.41) is 12.9. The van der Waals surface area contributed by atoms with Gasteiger partial charge < -0.3 is 14.4 Å². The van der Waals surface area contributed by atoms with Crippen LogP contribution in [0.4, 0.5) is 0 Å². The Labute approximate surface area is 85.2 Å². The molecular weight excluding hydrogens is 198 g/mol. The fraction of sp³-hybridized carbons (Fsp3) is 0.200. The van der Waals surface area contributed by atoms with E-state index >= 15 is 0 Å². The Hall–Kier alpha value is -2.04. The maximum absolute atomic E-state index is 10.3. The number of nitrogens with zero attached hydrogens (tertiary/aromatic N) is 1. The van der Waals surface area contributed by atoms with Crippen molar-refractivity contribution in [2.24, 2.45) is 0 Å². The fourth-order valence-electron chi connectivity index (χ4n) is 1.20. The number of rotatable bonds is 4. The minimum Gasteiger partial charge on any atom is -0.481 e. The highest BCUT2D eigenvalue weighted by Crippen LogP contribution is 2.23. The minimum atomic E-state index is -0.900. The average molecular weight is 207 g/mol. The standard InChI is InChI=1S/C10H9NO4/c12-9(13)5-6-14-10-7-3-1-2-4-8(7)15-11-10/h1-4H,5-6H2,(H,12,13). The summed E-state index contributed by atoms with van der Waals surface area (Å²) in [5.41, 5.74) is 0.628. The zero-order chi connectivity index (χ0) is 10.7. The first kappa shape index (κ1) is 9.51. The van der Waals surface area contributed by atoms with Crippen LogP contribution in [0, 0.1) is 0 Å². The number of hydrogen-bond donors (Lipinski definition) is 1. The van der Waals surface area contributed by atoms with E-state index in [0.29, 0.717) is 11.5 Å². The molecule has 0 unspecified atom stereocenters. The van der Waals surface area contributed by atoms with Crippen LogP contribution in [-0.4, -0.2) is 22.8 Å². The van der Waals surface area contributed by atoms with Gasteiger partial charge in [0, 0.05) is 0 Å². The van der Waals surface area contributed by atoms with E-state index in [9.17, 15) is 4.79 Å². The van der Waals surface area contributed by atoms with Crippen molar-refractivity contribution in [2.45, 2.75) is 6.42 Å². The molecular formula is C10H9NO4. The van der Waals surface area contributed by atoms with Crippen LogP contribution in [0.5, 0.6) is 5.88 Å². The minimum absolute atomic E-state index is 0.0544. The maximum Gasteiger partial charge on any atom is 0.306 e. The Morgan fingerprint density at radius 3 is 3.07 bits per heavy atom. The monoisotopic (exact) mass is 207 g/mol. The molecule has 0 amide bonds. The van der Waals surface area contributed by atoms with E-state index in [2.05, 4.69) is 5.16 Å². The van der Waals surface area contributed by atoms with Gasteiger partial charge in [-0.15, -0.1) is 0 Å². The summed E-state index contributed by atoms with van der Waals surface area (Å²) in [6.07, 6.45) is -0.0544. The van der Waals surface area contributed by atoms with Gasteiger partial charge in [0.25, 0.3) is 5.88 Å². The van der Waals surface area contributed by atoms with Crippen molar-refractivity contribution in [1.29, 1.82) is 0 Å². The van der Waals surface area contributed by atoms with Crippen molar-refractivity contribution in [3.63, 3.8) is 0 Å². The first-order valence-electron chi connectivity index (χ1n) is 4.46. The molecule has 0 aliphatic rings. The van der Waals surface area contributed by atoms with E-state index in [1.54, 1.807) is 6.07 Å². The van der Waals surface area contributed by atoms with E-state index < -0.39 is 5.97 Å². The Kier molecular flexibility index (Phi) is 2.53. The zero-order valence-corrected chi connectivity index (χ0v) is 7.84. The molecule has 0 saturated carbocycles. The molecule has 2 aromatic rings. The summed E-state index contributed by atoms with van der Waals surface area (Å²) in [5.74, 6) is -0.561. The second-order valence-electron chi connectivity index (χ2n) is 2.98. The molecule has 1 aromatic heterocycles. The second-order valence-corrected chi connectivity index (χ2v) is 2.98. The number of aliphatic carboxylic acids is 1. The average Bonchev–Trinajstić information content (AvgIpc) is 2.62. The van der Waals surface area contributed by atoms with Gasteiger partial charge in [0.05, 0.1) is 11.8 Å². The number of carbonyl (C=O) groups is 1. The molecule has 0 radical (unpaired) electrons. The van der Waals surface area contributed by atoms with Gasteiger partial charge in [-0.25, -0.2) is 0 Å². The number of fused-ring (bicyclic) bond motifs is 1. The van der Waals surface area contributed by atoms with Crippen LogP contribution in [0.15, 0.2) is 28.8 Å². The molecule has 0 atom stereocenters. The van der Waals surface area contributed by atoms with Crippen LogP contribution in [0.2, 0.25) is 0 Å². The van der Waals surface area contributed by atoms with Crippen molar-refractivity contribution in [1.82, 2.24) is 5.16 Å². The SMILES string of the molecule is O=C(O)CCOc1noc2ccccc12. The lowest BCUT2D eigenvalue weighted by molar-refractivity contribution is -0.137. The van der Waals surface area contributed by atoms with Gasteiger partial charge in [0.1, 0.15) is 6.61 Å². The molecule has 1 aromatic carbocycles. The molecule has 5 nitrogen and oxygen atoms in total. The summed E-state index contributed by atoms with van der Waals surface area (Å²) < 4.78 is 10.2. The van der Waals surface area contributed by atoms with Crippen molar-refractivity contribution in [3.05, 3.63) is 24.3 Å². The molecule has 1 N–H and O–H groups in total. The van der Waals surface area contributed by atoms with Crippen LogP contribution in [0.25, 0.3) is 11.0 Å². The molecule has 5 heteroatoms. The normalized spacial score (nSPS) is 10.4. The number of benzene rings is 1. The van der Waals surface area contributed by atoms with E-state index in [0.717, 1.165) is 5.39 Å². The molecule has 0 aliphatic carbocycles. The van der Waals surface area contributed by atoms with Crippen molar-refractivity contribution < 1.29 is 19.2 Å². The molecule has 78 valence electrons. The van der Waals surface area contributed by atoms with Crippen LogP contribution < -0.4 is 4.74 Å². The summed E-state index contributed by atoms with van der Waals surface area (Å²) in [4.78, 5) is 10.3. The first-order valence-corrected chi connectivity index (χ1v) is 4.46. The second kappa shape index (κ2) is 4.00. The van der Waals surface area contributed by atoms with Crippen LogP contribution in [-0.2, 0) is 4.79 Å². The van der Waals surface area contributed by atoms with Crippen LogP contribution >= 0.6 is 0 Å². The lowest BCUT2D eigenvalue weighted by atomic mass is 10.3. The fourth-order valence-corrected chi connectivity index (χ4v) is 1.20. The largest absolute Gasteiger partial charge is 0.481 e. The predicted octanol–water partition coefficient (Wildman–Crippen LogP) is 1.68. The van der Waals surface area contributed by atoms with Crippen molar-refractivity contribution in [3.8, 4) is 5.88 Å². The maximum atomic E-state index is 10.3. The Morgan fingerprint density at radius 2 is 2.27 bits per heavy atom. The highest BCUT2D eigenvalue weighted by molar-refractivity contribution is 5.81. The molecule has 2 rings (SSSR count). The van der Waals surface area contributed by atoms with Gasteiger partial charge in [-0.05, 0) is 17.3 Å². The Balaban J connectivity index is 2.11. The lowest BCUT2D eigenvalue weighted by Crippen LogP contribution is -2.04. The summed E-state index contributed by atoms with van der Waals surface area (Å²) in [6.45, 7) is 0.0891. The van der Waals surface area contributed by atoms with Gasteiger partial charge in [0.2, 0.25) is 0 Å². The van der Waals surface area contributed by atoms with Gasteiger partial charge >= 0.3 is 5.97 Å². The summed E-state index contributed by atoms with van der Waals surface area (Å²) in [6, 6.07) is 7.24. The Bertz CT molecular complexity index is 477. The van der Waals surface area contributed by atoms with Gasteiger partial charge in [-0.1, -0.05) is 12.1 Å². The number of ether oxygens (including phenoxy) is 1. The van der Waals surface area contributed by atoms with Gasteiger partial charge in [0.15, 0.2) is 5.58 Å². The quantitative estimate of drug-likeness (QED) is 0.825. The van der Waals surface area contributed by atoms with Crippen LogP contribution in [0.3, 0.4) is 0 Å². The smallest absolute Gasteiger partial charge is 0.306 e. The van der Waals surface area contributed by atoms with Crippen molar-refractivity contribution >= 4 is 16.9 Å². The highest BCUT2D eigenvalue weighted by Gasteiger charge is 2.08. The van der Waals surface area contributed by atoms with Gasteiger partial charge in [-0.2, -0.15) is 0 Å². The number of para-hydroxylation sites is 1. The lowest BCUT2D eigenvalue weighted by Gasteiger charge is -1.98. The first-order chi connectivity index (χ1) is 7.27. The third-order valence-electron chi connectivity index (χ3n) is 1.90. The van der Waals surface area contributed by atoms with Crippen LogP contribution in [0.1, 0.15) is 6.42 Å². The van der Waals surface area contributed by atoms with E-state index in [1.165, 1.54) is 0 Å². The van der Waals surface area contributed by atoms with E-state index in [-0.39, 0.29) is 13.0 Å². The van der Waals surface area contributed by atoms with E-state index in [1.807, 2.05) is 18.2 Å². The summed E-state index contributed by atoms with van der Waals surface area (Å²) in [7, 11) is 0. The molecule has 15 heavy (non-hydrogen) atoms. The van der Waals surface area contributed by atoms with Gasteiger partial charge in [-0.3, -0.25) is 4.79 Å². The van der Waals surface area contributed by atoms with E-state index in [4.69, 9.17) is 14.4 Å². The zero-order valence-electron chi connectivity index (χ0n) is 7.84. The molecule has 0 spiro atoms. The third-order valence-corrected chi connectivity index (χ3v) is 1.90. The molecule has 0 bridgehead atoms. The Morgan fingerprint density at radius 1 is 1.47 bits per heavy atom. The number of carboxylic acids is 1. The molecule has 0 aliphatic heterocycles. The highest BCUT2D eigenvalue weighted by atomic mass is 16.5. The number of aromatic nitrogens is 1. The predicted molar refractivity (Wildman–Crippen MR) is 51.8 cm³/mol. The topological polar surface area (TPSA) is 72.6 Å². The summed E-state index contributed by atoms with van der Waals surface area (Å²) >= 11 is 0.